The van der Waals surface area contributed by atoms with Crippen molar-refractivity contribution in [3.8, 4) is 23.1 Å². The predicted molar refractivity (Wildman–Crippen MR) is 102 cm³/mol. The number of thiazole rings is 1. The standard InChI is InChI=1S/C20H15F2N3O2S/c21-19(22)27-16-8-3-13(4-9-16)5-10-18(26)25-20-24-17(12-28-20)15-6-1-14(11-23)2-7-15/h1-4,6-9,12,19H,5,10H2,(H,24,25,26). The molecule has 8 heteroatoms. The summed E-state index contributed by atoms with van der Waals surface area (Å²) in [4.78, 5) is 16.5. The van der Waals surface area contributed by atoms with Crippen molar-refractivity contribution in [1.29, 1.82) is 5.26 Å². The molecule has 0 spiro atoms. The Balaban J connectivity index is 1.52. The lowest BCUT2D eigenvalue weighted by Crippen LogP contribution is -2.12. The van der Waals surface area contributed by atoms with E-state index in [2.05, 4.69) is 21.1 Å². The SMILES string of the molecule is N#Cc1ccc(-c2csc(NC(=O)CCc3ccc(OC(F)F)cc3)n2)cc1. The van der Waals surface area contributed by atoms with Gasteiger partial charge in [-0.25, -0.2) is 4.98 Å². The van der Waals surface area contributed by atoms with Gasteiger partial charge in [-0.2, -0.15) is 14.0 Å². The van der Waals surface area contributed by atoms with Crippen LogP contribution in [0.2, 0.25) is 0 Å². The normalized spacial score (nSPS) is 10.5. The number of hydrogen-bond acceptors (Lipinski definition) is 5. The third-order valence-corrected chi connectivity index (χ3v) is 4.61. The van der Waals surface area contributed by atoms with E-state index in [0.29, 0.717) is 17.1 Å². The molecule has 28 heavy (non-hydrogen) atoms. The molecule has 2 aromatic carbocycles. The van der Waals surface area contributed by atoms with Crippen LogP contribution >= 0.6 is 11.3 Å². The van der Waals surface area contributed by atoms with Gasteiger partial charge in [-0.1, -0.05) is 24.3 Å². The van der Waals surface area contributed by atoms with Crippen molar-refractivity contribution < 1.29 is 18.3 Å². The number of rotatable bonds is 7. The highest BCUT2D eigenvalue weighted by atomic mass is 32.1. The summed E-state index contributed by atoms with van der Waals surface area (Å²) in [6.45, 7) is -2.86. The number of nitrogens with one attached hydrogen (secondary N) is 1. The summed E-state index contributed by atoms with van der Waals surface area (Å²) in [7, 11) is 0. The molecule has 0 radical (unpaired) electrons. The first-order valence-electron chi connectivity index (χ1n) is 8.33. The van der Waals surface area contributed by atoms with Crippen molar-refractivity contribution in [2.45, 2.75) is 19.5 Å². The van der Waals surface area contributed by atoms with E-state index in [4.69, 9.17) is 5.26 Å². The van der Waals surface area contributed by atoms with Gasteiger partial charge in [-0.3, -0.25) is 4.79 Å². The van der Waals surface area contributed by atoms with Gasteiger partial charge in [0.05, 0.1) is 17.3 Å². The third-order valence-electron chi connectivity index (χ3n) is 3.85. The van der Waals surface area contributed by atoms with E-state index in [-0.39, 0.29) is 18.1 Å². The second-order valence-corrected chi connectivity index (χ2v) is 6.66. The molecule has 3 aromatic rings. The van der Waals surface area contributed by atoms with Crippen LogP contribution in [0.15, 0.2) is 53.9 Å². The number of hydrogen-bond donors (Lipinski definition) is 1. The van der Waals surface area contributed by atoms with Crippen LogP contribution in [0.1, 0.15) is 17.5 Å². The van der Waals surface area contributed by atoms with Crippen LogP contribution in [0.4, 0.5) is 13.9 Å². The molecule has 0 fully saturated rings. The maximum absolute atomic E-state index is 12.1. The van der Waals surface area contributed by atoms with Crippen LogP contribution in [0.3, 0.4) is 0 Å². The zero-order valence-electron chi connectivity index (χ0n) is 14.6. The Morgan fingerprint density at radius 1 is 1.18 bits per heavy atom. The van der Waals surface area contributed by atoms with Crippen LogP contribution in [-0.2, 0) is 11.2 Å². The van der Waals surface area contributed by atoms with Crippen LogP contribution in [-0.4, -0.2) is 17.5 Å². The number of alkyl halides is 2. The van der Waals surface area contributed by atoms with Crippen LogP contribution in [0, 0.1) is 11.3 Å². The number of halogens is 2. The minimum Gasteiger partial charge on any atom is -0.435 e. The summed E-state index contributed by atoms with van der Waals surface area (Å²) in [6, 6.07) is 15.3. The molecule has 1 amide bonds. The number of ether oxygens (including phenoxy) is 1. The van der Waals surface area contributed by atoms with Gasteiger partial charge in [0.2, 0.25) is 5.91 Å². The molecule has 0 saturated heterocycles. The molecule has 0 atom stereocenters. The van der Waals surface area contributed by atoms with E-state index in [0.717, 1.165) is 16.8 Å². The van der Waals surface area contributed by atoms with E-state index in [1.807, 2.05) is 5.38 Å². The molecule has 1 heterocycles. The Hall–Kier alpha value is -3.31. The van der Waals surface area contributed by atoms with E-state index >= 15 is 0 Å². The first kappa shape index (κ1) is 19.5. The van der Waals surface area contributed by atoms with Crippen LogP contribution in [0.5, 0.6) is 5.75 Å². The molecule has 1 aromatic heterocycles. The van der Waals surface area contributed by atoms with Gasteiger partial charge in [-0.15, -0.1) is 11.3 Å². The number of aromatic nitrogens is 1. The van der Waals surface area contributed by atoms with Crippen molar-refractivity contribution in [3.05, 3.63) is 65.0 Å². The smallest absolute Gasteiger partial charge is 0.387 e. The highest BCUT2D eigenvalue weighted by Gasteiger charge is 2.09. The number of carbonyl (C=O) groups is 1. The predicted octanol–water partition coefficient (Wildman–Crippen LogP) is 4.85. The molecular formula is C20H15F2N3O2S. The average Bonchev–Trinajstić information content (AvgIpc) is 3.15. The fourth-order valence-electron chi connectivity index (χ4n) is 2.46. The first-order chi connectivity index (χ1) is 13.5. The number of nitriles is 1. The largest absolute Gasteiger partial charge is 0.435 e. The van der Waals surface area contributed by atoms with Crippen molar-refractivity contribution in [1.82, 2.24) is 4.98 Å². The molecule has 0 saturated carbocycles. The molecule has 142 valence electrons. The quantitative estimate of drug-likeness (QED) is 0.616. The third kappa shape index (κ3) is 5.34. The number of nitrogens with zero attached hydrogens (tertiary/aromatic N) is 2. The summed E-state index contributed by atoms with van der Waals surface area (Å²) < 4.78 is 28.6. The van der Waals surface area contributed by atoms with Crippen LogP contribution < -0.4 is 10.1 Å². The van der Waals surface area contributed by atoms with Gasteiger partial charge in [-0.05, 0) is 36.2 Å². The van der Waals surface area contributed by atoms with Crippen molar-refractivity contribution in [3.63, 3.8) is 0 Å². The number of aryl methyl sites for hydroxylation is 1. The average molecular weight is 399 g/mol. The Bertz CT molecular complexity index is 980. The summed E-state index contributed by atoms with van der Waals surface area (Å²) in [6.07, 6.45) is 0.704. The van der Waals surface area contributed by atoms with Gasteiger partial charge in [0, 0.05) is 17.4 Å². The number of anilines is 1. The molecular weight excluding hydrogens is 384 g/mol. The van der Waals surface area contributed by atoms with E-state index in [1.165, 1.54) is 23.5 Å². The van der Waals surface area contributed by atoms with Crippen LogP contribution in [0.25, 0.3) is 11.3 Å². The highest BCUT2D eigenvalue weighted by Crippen LogP contribution is 2.25. The Kier molecular flexibility index (Phi) is 6.29. The van der Waals surface area contributed by atoms with Gasteiger partial charge in [0.25, 0.3) is 0 Å². The number of amides is 1. The minimum atomic E-state index is -2.86. The second kappa shape index (κ2) is 9.06. The van der Waals surface area contributed by atoms with Crippen molar-refractivity contribution in [2.75, 3.05) is 5.32 Å². The molecule has 0 aliphatic heterocycles. The zero-order chi connectivity index (χ0) is 19.9. The summed E-state index contributed by atoms with van der Waals surface area (Å²) in [5, 5.41) is 13.9. The molecule has 0 unspecified atom stereocenters. The minimum absolute atomic E-state index is 0.0846. The molecule has 3 rings (SSSR count). The van der Waals surface area contributed by atoms with Gasteiger partial charge < -0.3 is 10.1 Å². The summed E-state index contributed by atoms with van der Waals surface area (Å²) >= 11 is 1.32. The second-order valence-electron chi connectivity index (χ2n) is 5.80. The Morgan fingerprint density at radius 2 is 1.89 bits per heavy atom. The number of carbonyl (C=O) groups excluding carboxylic acids is 1. The van der Waals surface area contributed by atoms with Gasteiger partial charge >= 0.3 is 6.61 Å². The fourth-order valence-corrected chi connectivity index (χ4v) is 3.19. The summed E-state index contributed by atoms with van der Waals surface area (Å²) in [5.41, 5.74) is 3.00. The molecule has 0 aliphatic carbocycles. The molecule has 0 bridgehead atoms. The van der Waals surface area contributed by atoms with E-state index in [1.54, 1.807) is 36.4 Å². The Labute approximate surface area is 164 Å². The van der Waals surface area contributed by atoms with Crippen molar-refractivity contribution >= 4 is 22.4 Å². The lowest BCUT2D eigenvalue weighted by atomic mass is 10.1. The van der Waals surface area contributed by atoms with E-state index < -0.39 is 6.61 Å². The maximum atomic E-state index is 12.1. The topological polar surface area (TPSA) is 75.0 Å². The molecule has 5 nitrogen and oxygen atoms in total. The number of benzene rings is 2. The lowest BCUT2D eigenvalue weighted by Gasteiger charge is -2.06. The van der Waals surface area contributed by atoms with Crippen molar-refractivity contribution in [2.24, 2.45) is 0 Å². The van der Waals surface area contributed by atoms with E-state index in [9.17, 15) is 13.6 Å². The first-order valence-corrected chi connectivity index (χ1v) is 9.21. The summed E-state index contributed by atoms with van der Waals surface area (Å²) in [5.74, 6) is -0.102. The van der Waals surface area contributed by atoms with Gasteiger partial charge in [0.1, 0.15) is 5.75 Å². The monoisotopic (exact) mass is 399 g/mol. The maximum Gasteiger partial charge on any atom is 0.387 e. The molecule has 1 N–H and O–H groups in total. The Morgan fingerprint density at radius 3 is 2.54 bits per heavy atom. The molecule has 0 aliphatic rings. The fraction of sp³-hybridized carbons (Fsp3) is 0.150. The van der Waals surface area contributed by atoms with Gasteiger partial charge in [0.15, 0.2) is 5.13 Å². The highest BCUT2D eigenvalue weighted by molar-refractivity contribution is 7.14. The zero-order valence-corrected chi connectivity index (χ0v) is 15.4. The lowest BCUT2D eigenvalue weighted by molar-refractivity contribution is -0.116.